The summed E-state index contributed by atoms with van der Waals surface area (Å²) in [6, 6.07) is 3.04. The lowest BCUT2D eigenvalue weighted by Gasteiger charge is -2.14. The molecule has 2 N–H and O–H groups in total. The zero-order chi connectivity index (χ0) is 20.5. The number of nitrogens with one attached hydrogen (secondary N) is 2. The Bertz CT molecular complexity index is 688. The molecule has 1 aliphatic heterocycles. The number of ether oxygens (including phenoxy) is 4. The minimum atomic E-state index is -2.93. The van der Waals surface area contributed by atoms with Crippen molar-refractivity contribution in [3.63, 3.8) is 0 Å². The van der Waals surface area contributed by atoms with Gasteiger partial charge in [0, 0.05) is 31.3 Å². The standard InChI is InChI=1S/C20H29F2N3O4.HI/c1-2-23-20(24-8-5-9-26-15-6-3-4-7-15)25-12-14-10-17-18(28-13-27-17)11-16(14)29-19(21)22;/h10-11,15,19H,2-9,12-13H2,1H3,(H2,23,24,25);1H. The molecule has 0 saturated heterocycles. The van der Waals surface area contributed by atoms with Gasteiger partial charge >= 0.3 is 6.61 Å². The second-order valence-electron chi connectivity index (χ2n) is 6.94. The molecule has 0 bridgehead atoms. The van der Waals surface area contributed by atoms with Gasteiger partial charge in [-0.15, -0.1) is 24.0 Å². The third-order valence-electron chi connectivity index (χ3n) is 4.79. The number of aliphatic imine (C=N–C) groups is 1. The Morgan fingerprint density at radius 2 is 1.93 bits per heavy atom. The molecular formula is C20H30F2IN3O4. The first-order valence-electron chi connectivity index (χ1n) is 10.2. The summed E-state index contributed by atoms with van der Waals surface area (Å²) in [6.07, 6.45) is 6.13. The van der Waals surface area contributed by atoms with Crippen LogP contribution in [-0.4, -0.2) is 45.2 Å². The second-order valence-corrected chi connectivity index (χ2v) is 6.94. The Balaban J connectivity index is 0.00000320. The molecule has 1 fully saturated rings. The minimum Gasteiger partial charge on any atom is -0.454 e. The number of hydrogen-bond acceptors (Lipinski definition) is 5. The first-order chi connectivity index (χ1) is 14.2. The van der Waals surface area contributed by atoms with Crippen LogP contribution in [0, 0.1) is 0 Å². The number of alkyl halides is 2. The Kier molecular flexibility index (Phi) is 10.7. The van der Waals surface area contributed by atoms with Crippen molar-refractivity contribution in [1.82, 2.24) is 10.6 Å². The Morgan fingerprint density at radius 1 is 1.20 bits per heavy atom. The zero-order valence-electron chi connectivity index (χ0n) is 17.1. The van der Waals surface area contributed by atoms with Gasteiger partial charge in [0.1, 0.15) is 5.75 Å². The molecule has 0 amide bonds. The molecule has 1 aromatic rings. The van der Waals surface area contributed by atoms with Gasteiger partial charge in [-0.05, 0) is 32.3 Å². The van der Waals surface area contributed by atoms with E-state index in [1.54, 1.807) is 6.07 Å². The zero-order valence-corrected chi connectivity index (χ0v) is 19.5. The van der Waals surface area contributed by atoms with Crippen LogP contribution in [0.2, 0.25) is 0 Å². The lowest BCUT2D eigenvalue weighted by atomic mass is 10.1. The summed E-state index contributed by atoms with van der Waals surface area (Å²) in [6.45, 7) is 1.36. The molecule has 3 rings (SSSR count). The third kappa shape index (κ3) is 7.60. The van der Waals surface area contributed by atoms with Gasteiger partial charge in [-0.1, -0.05) is 12.8 Å². The van der Waals surface area contributed by atoms with Crippen LogP contribution in [0.15, 0.2) is 17.1 Å². The van der Waals surface area contributed by atoms with Crippen molar-refractivity contribution >= 4 is 29.9 Å². The summed E-state index contributed by atoms with van der Waals surface area (Å²) >= 11 is 0. The Morgan fingerprint density at radius 3 is 2.63 bits per heavy atom. The van der Waals surface area contributed by atoms with E-state index in [-0.39, 0.29) is 43.1 Å². The SMILES string of the molecule is CCNC(=NCc1cc2c(cc1OC(F)F)OCO2)NCCCOC1CCCC1.I. The van der Waals surface area contributed by atoms with Crippen molar-refractivity contribution in [1.29, 1.82) is 0 Å². The predicted molar refractivity (Wildman–Crippen MR) is 120 cm³/mol. The van der Waals surface area contributed by atoms with Crippen LogP contribution in [0.5, 0.6) is 17.2 Å². The van der Waals surface area contributed by atoms with Crippen molar-refractivity contribution in [2.45, 2.75) is 58.3 Å². The van der Waals surface area contributed by atoms with Crippen molar-refractivity contribution < 1.29 is 27.7 Å². The molecule has 0 radical (unpaired) electrons. The number of fused-ring (bicyclic) bond motifs is 1. The highest BCUT2D eigenvalue weighted by Crippen LogP contribution is 2.39. The highest BCUT2D eigenvalue weighted by molar-refractivity contribution is 14.0. The molecule has 1 aliphatic carbocycles. The van der Waals surface area contributed by atoms with E-state index < -0.39 is 6.61 Å². The maximum atomic E-state index is 12.8. The number of hydrogen-bond donors (Lipinski definition) is 2. The molecule has 0 aromatic heterocycles. The number of rotatable bonds is 10. The summed E-state index contributed by atoms with van der Waals surface area (Å²) in [5, 5.41) is 6.39. The number of benzene rings is 1. The molecule has 1 heterocycles. The topological polar surface area (TPSA) is 73.3 Å². The van der Waals surface area contributed by atoms with Gasteiger partial charge < -0.3 is 29.6 Å². The quantitative estimate of drug-likeness (QED) is 0.202. The van der Waals surface area contributed by atoms with Gasteiger partial charge in [-0.25, -0.2) is 4.99 Å². The molecule has 30 heavy (non-hydrogen) atoms. The van der Waals surface area contributed by atoms with Crippen LogP contribution in [0.4, 0.5) is 8.78 Å². The van der Waals surface area contributed by atoms with Crippen molar-refractivity contribution in [3.05, 3.63) is 17.7 Å². The Hall–Kier alpha value is -1.56. The molecule has 0 atom stereocenters. The second kappa shape index (κ2) is 13.0. The van der Waals surface area contributed by atoms with Crippen LogP contribution >= 0.6 is 24.0 Å². The summed E-state index contributed by atoms with van der Waals surface area (Å²) in [5.41, 5.74) is 0.497. The highest BCUT2D eigenvalue weighted by Gasteiger charge is 2.20. The summed E-state index contributed by atoms with van der Waals surface area (Å²) in [4.78, 5) is 4.48. The molecule has 0 spiro atoms. The van der Waals surface area contributed by atoms with E-state index in [2.05, 4.69) is 20.4 Å². The average Bonchev–Trinajstić information content (AvgIpc) is 3.36. The molecule has 0 unspecified atom stereocenters. The Labute approximate surface area is 192 Å². The summed E-state index contributed by atoms with van der Waals surface area (Å²) < 4.78 is 46.6. The molecule has 1 aromatic carbocycles. The van der Waals surface area contributed by atoms with Gasteiger partial charge in [0.25, 0.3) is 0 Å². The van der Waals surface area contributed by atoms with E-state index in [0.717, 1.165) is 19.3 Å². The minimum absolute atomic E-state index is 0. The largest absolute Gasteiger partial charge is 0.454 e. The number of nitrogens with zero attached hydrogens (tertiary/aromatic N) is 1. The first kappa shape index (κ1) is 24.7. The fourth-order valence-electron chi connectivity index (χ4n) is 3.38. The maximum Gasteiger partial charge on any atom is 0.387 e. The van der Waals surface area contributed by atoms with Crippen LogP contribution in [0.25, 0.3) is 0 Å². The lowest BCUT2D eigenvalue weighted by molar-refractivity contribution is -0.0505. The van der Waals surface area contributed by atoms with Crippen LogP contribution < -0.4 is 24.8 Å². The number of guanidine groups is 1. The molecule has 7 nitrogen and oxygen atoms in total. The third-order valence-corrected chi connectivity index (χ3v) is 4.79. The van der Waals surface area contributed by atoms with E-state index in [9.17, 15) is 8.78 Å². The molecule has 2 aliphatic rings. The van der Waals surface area contributed by atoms with E-state index >= 15 is 0 Å². The first-order valence-corrected chi connectivity index (χ1v) is 10.2. The van der Waals surface area contributed by atoms with Gasteiger partial charge in [-0.3, -0.25) is 0 Å². The smallest absolute Gasteiger partial charge is 0.387 e. The number of halogens is 3. The maximum absolute atomic E-state index is 12.8. The van der Waals surface area contributed by atoms with Crippen LogP contribution in [0.1, 0.15) is 44.6 Å². The van der Waals surface area contributed by atoms with E-state index in [1.165, 1.54) is 18.9 Å². The fourth-order valence-corrected chi connectivity index (χ4v) is 3.38. The molecule has 170 valence electrons. The van der Waals surface area contributed by atoms with Gasteiger partial charge in [-0.2, -0.15) is 8.78 Å². The van der Waals surface area contributed by atoms with Crippen molar-refractivity contribution in [3.8, 4) is 17.2 Å². The predicted octanol–water partition coefficient (Wildman–Crippen LogP) is 4.04. The lowest BCUT2D eigenvalue weighted by Crippen LogP contribution is -2.38. The summed E-state index contributed by atoms with van der Waals surface area (Å²) in [5.74, 6) is 1.53. The highest BCUT2D eigenvalue weighted by atomic mass is 127. The summed E-state index contributed by atoms with van der Waals surface area (Å²) in [7, 11) is 0. The van der Waals surface area contributed by atoms with Crippen LogP contribution in [-0.2, 0) is 11.3 Å². The van der Waals surface area contributed by atoms with Crippen LogP contribution in [0.3, 0.4) is 0 Å². The van der Waals surface area contributed by atoms with Gasteiger partial charge in [0.15, 0.2) is 17.5 Å². The van der Waals surface area contributed by atoms with Crippen molar-refractivity contribution in [2.75, 3.05) is 26.5 Å². The molecule has 1 saturated carbocycles. The molecule has 10 heteroatoms. The monoisotopic (exact) mass is 541 g/mol. The van der Waals surface area contributed by atoms with E-state index in [0.29, 0.717) is 48.8 Å². The normalized spacial score (nSPS) is 15.9. The van der Waals surface area contributed by atoms with E-state index in [1.807, 2.05) is 6.92 Å². The van der Waals surface area contributed by atoms with Gasteiger partial charge in [0.2, 0.25) is 6.79 Å². The molecular weight excluding hydrogens is 511 g/mol. The van der Waals surface area contributed by atoms with Gasteiger partial charge in [0.05, 0.1) is 12.6 Å². The average molecular weight is 541 g/mol. The fraction of sp³-hybridized carbons (Fsp3) is 0.650. The van der Waals surface area contributed by atoms with Crippen molar-refractivity contribution in [2.24, 2.45) is 4.99 Å². The van der Waals surface area contributed by atoms with E-state index in [4.69, 9.17) is 14.2 Å².